The van der Waals surface area contributed by atoms with E-state index >= 15 is 0 Å². The Morgan fingerprint density at radius 3 is 2.89 bits per heavy atom. The van der Waals surface area contributed by atoms with Crippen LogP contribution in [0.25, 0.3) is 0 Å². The molecule has 0 aromatic heterocycles. The number of nitrogens with zero attached hydrogens (tertiary/aromatic N) is 1. The normalized spacial score (nSPS) is 22.7. The van der Waals surface area contributed by atoms with Gasteiger partial charge in [-0.15, -0.1) is 0 Å². The van der Waals surface area contributed by atoms with Crippen LogP contribution in [-0.2, 0) is 11.2 Å². The van der Waals surface area contributed by atoms with Crippen LogP contribution < -0.4 is 5.32 Å². The predicted molar refractivity (Wildman–Crippen MR) is 75.2 cm³/mol. The van der Waals surface area contributed by atoms with Crippen LogP contribution in [0.1, 0.15) is 12.5 Å². The van der Waals surface area contributed by atoms with Crippen LogP contribution in [0.3, 0.4) is 0 Å². The number of rotatable bonds is 4. The van der Waals surface area contributed by atoms with Gasteiger partial charge in [-0.25, -0.2) is 0 Å². The summed E-state index contributed by atoms with van der Waals surface area (Å²) in [5, 5.41) is 12.9. The lowest BCUT2D eigenvalue weighted by atomic mass is 10.0. The van der Waals surface area contributed by atoms with E-state index in [-0.39, 0.29) is 0 Å². The van der Waals surface area contributed by atoms with Gasteiger partial charge in [0.2, 0.25) is 0 Å². The summed E-state index contributed by atoms with van der Waals surface area (Å²) in [7, 11) is 0. The maximum atomic E-state index is 11.6. The number of carboxylic acid groups (broad SMARTS) is 1. The lowest BCUT2D eigenvalue weighted by molar-refractivity contribution is -0.143. The molecule has 4 heteroatoms. The number of hydrogen-bond donors (Lipinski definition) is 2. The Hall–Kier alpha value is -1.39. The molecule has 1 aliphatic heterocycles. The molecule has 2 unspecified atom stereocenters. The zero-order valence-electron chi connectivity index (χ0n) is 11.4. The fraction of sp³-hybridized carbons (Fsp3) is 0.533. The average Bonchev–Trinajstić information content (AvgIpc) is 2.61. The van der Waals surface area contributed by atoms with Crippen LogP contribution in [0.15, 0.2) is 30.3 Å². The Morgan fingerprint density at radius 2 is 2.21 bits per heavy atom. The maximum Gasteiger partial charge on any atom is 0.321 e. The highest BCUT2D eigenvalue weighted by molar-refractivity contribution is 5.74. The molecule has 1 aromatic rings. The Labute approximate surface area is 114 Å². The van der Waals surface area contributed by atoms with E-state index < -0.39 is 12.0 Å². The minimum absolute atomic E-state index is 0.426. The first kappa shape index (κ1) is 14.0. The van der Waals surface area contributed by atoms with Gasteiger partial charge in [-0.05, 0) is 24.4 Å². The van der Waals surface area contributed by atoms with Crippen molar-refractivity contribution in [2.75, 3.05) is 26.2 Å². The summed E-state index contributed by atoms with van der Waals surface area (Å²) in [5.74, 6) is -0.238. The molecule has 0 saturated carbocycles. The van der Waals surface area contributed by atoms with Gasteiger partial charge in [-0.3, -0.25) is 9.69 Å². The minimum Gasteiger partial charge on any atom is -0.480 e. The molecule has 2 rings (SSSR count). The van der Waals surface area contributed by atoms with Crippen molar-refractivity contribution in [2.45, 2.75) is 19.4 Å². The molecule has 1 fully saturated rings. The fourth-order valence-electron chi connectivity index (χ4n) is 2.62. The molecule has 0 spiro atoms. The van der Waals surface area contributed by atoms with E-state index in [0.29, 0.717) is 12.3 Å². The summed E-state index contributed by atoms with van der Waals surface area (Å²) in [5.41, 5.74) is 1.08. The van der Waals surface area contributed by atoms with Crippen molar-refractivity contribution >= 4 is 5.97 Å². The van der Waals surface area contributed by atoms with Gasteiger partial charge in [0.05, 0.1) is 0 Å². The second-order valence-corrected chi connectivity index (χ2v) is 5.35. The molecule has 0 aliphatic carbocycles. The first-order valence-electron chi connectivity index (χ1n) is 6.88. The molecule has 1 aromatic carbocycles. The summed E-state index contributed by atoms with van der Waals surface area (Å²) >= 11 is 0. The van der Waals surface area contributed by atoms with Gasteiger partial charge in [0.25, 0.3) is 0 Å². The van der Waals surface area contributed by atoms with E-state index in [0.717, 1.165) is 31.7 Å². The molecule has 104 valence electrons. The molecule has 1 heterocycles. The molecular weight excluding hydrogens is 240 g/mol. The number of benzene rings is 1. The second kappa shape index (κ2) is 6.68. The largest absolute Gasteiger partial charge is 0.480 e. The van der Waals surface area contributed by atoms with Crippen molar-refractivity contribution in [2.24, 2.45) is 5.92 Å². The third kappa shape index (κ3) is 4.04. The summed E-state index contributed by atoms with van der Waals surface area (Å²) in [6.07, 6.45) is 0.572. The van der Waals surface area contributed by atoms with Crippen LogP contribution in [0.4, 0.5) is 0 Å². The van der Waals surface area contributed by atoms with E-state index in [1.54, 1.807) is 0 Å². The number of nitrogens with one attached hydrogen (secondary N) is 1. The Kier molecular flexibility index (Phi) is 4.93. The average molecular weight is 262 g/mol. The second-order valence-electron chi connectivity index (χ2n) is 5.35. The van der Waals surface area contributed by atoms with E-state index in [9.17, 15) is 9.90 Å². The first-order chi connectivity index (χ1) is 9.16. The lowest BCUT2D eigenvalue weighted by Gasteiger charge is -2.28. The smallest absolute Gasteiger partial charge is 0.321 e. The Bertz CT molecular complexity index is 408. The quantitative estimate of drug-likeness (QED) is 0.857. The van der Waals surface area contributed by atoms with Crippen LogP contribution in [0.5, 0.6) is 0 Å². The number of carboxylic acids is 1. The SMILES string of the molecule is CC1CNCCN(C(Cc2ccccc2)C(=O)O)C1. The molecule has 1 saturated heterocycles. The van der Waals surface area contributed by atoms with Gasteiger partial charge in [0, 0.05) is 19.6 Å². The highest BCUT2D eigenvalue weighted by Crippen LogP contribution is 2.13. The van der Waals surface area contributed by atoms with Crippen LogP contribution in [-0.4, -0.2) is 48.2 Å². The summed E-state index contributed by atoms with van der Waals surface area (Å²) in [4.78, 5) is 13.7. The lowest BCUT2D eigenvalue weighted by Crippen LogP contribution is -2.45. The van der Waals surface area contributed by atoms with Crippen molar-refractivity contribution < 1.29 is 9.90 Å². The highest BCUT2D eigenvalue weighted by atomic mass is 16.4. The van der Waals surface area contributed by atoms with Crippen LogP contribution in [0.2, 0.25) is 0 Å². The molecule has 0 radical (unpaired) electrons. The van der Waals surface area contributed by atoms with Gasteiger partial charge < -0.3 is 10.4 Å². The summed E-state index contributed by atoms with van der Waals surface area (Å²) in [6, 6.07) is 9.44. The zero-order valence-corrected chi connectivity index (χ0v) is 11.4. The third-order valence-electron chi connectivity index (χ3n) is 3.61. The third-order valence-corrected chi connectivity index (χ3v) is 3.61. The molecule has 0 amide bonds. The van der Waals surface area contributed by atoms with Crippen LogP contribution in [0, 0.1) is 5.92 Å². The molecular formula is C15H22N2O2. The molecule has 19 heavy (non-hydrogen) atoms. The fourth-order valence-corrected chi connectivity index (χ4v) is 2.62. The molecule has 2 N–H and O–H groups in total. The predicted octanol–water partition coefficient (Wildman–Crippen LogP) is 1.22. The van der Waals surface area contributed by atoms with Gasteiger partial charge in [-0.1, -0.05) is 37.3 Å². The standard InChI is InChI=1S/C15H22N2O2/c1-12-10-16-7-8-17(11-12)14(15(18)19)9-13-5-3-2-4-6-13/h2-6,12,14,16H,7-11H2,1H3,(H,18,19). The Balaban J connectivity index is 2.08. The van der Waals surface area contributed by atoms with Crippen molar-refractivity contribution in [3.05, 3.63) is 35.9 Å². The van der Waals surface area contributed by atoms with Crippen molar-refractivity contribution in [3.63, 3.8) is 0 Å². The Morgan fingerprint density at radius 1 is 1.47 bits per heavy atom. The van der Waals surface area contributed by atoms with Gasteiger partial charge in [0.15, 0.2) is 0 Å². The van der Waals surface area contributed by atoms with E-state index in [2.05, 4.69) is 17.1 Å². The minimum atomic E-state index is -0.724. The van der Waals surface area contributed by atoms with Crippen LogP contribution >= 0.6 is 0 Å². The van der Waals surface area contributed by atoms with E-state index in [1.165, 1.54) is 0 Å². The van der Waals surface area contributed by atoms with Crippen molar-refractivity contribution in [3.8, 4) is 0 Å². The number of aliphatic carboxylic acids is 1. The highest BCUT2D eigenvalue weighted by Gasteiger charge is 2.27. The summed E-state index contributed by atoms with van der Waals surface area (Å²) in [6.45, 7) is 5.63. The molecule has 1 aliphatic rings. The summed E-state index contributed by atoms with van der Waals surface area (Å²) < 4.78 is 0. The monoisotopic (exact) mass is 262 g/mol. The molecule has 2 atom stereocenters. The van der Waals surface area contributed by atoms with Gasteiger partial charge >= 0.3 is 5.97 Å². The number of carbonyl (C=O) groups is 1. The van der Waals surface area contributed by atoms with E-state index in [1.807, 2.05) is 30.3 Å². The van der Waals surface area contributed by atoms with Gasteiger partial charge in [-0.2, -0.15) is 0 Å². The maximum absolute atomic E-state index is 11.6. The first-order valence-corrected chi connectivity index (χ1v) is 6.88. The molecule has 0 bridgehead atoms. The molecule has 4 nitrogen and oxygen atoms in total. The van der Waals surface area contributed by atoms with Crippen molar-refractivity contribution in [1.29, 1.82) is 0 Å². The van der Waals surface area contributed by atoms with E-state index in [4.69, 9.17) is 0 Å². The van der Waals surface area contributed by atoms with Crippen molar-refractivity contribution in [1.82, 2.24) is 10.2 Å². The zero-order chi connectivity index (χ0) is 13.7. The topological polar surface area (TPSA) is 52.6 Å². The number of hydrogen-bond acceptors (Lipinski definition) is 3. The van der Waals surface area contributed by atoms with Gasteiger partial charge in [0.1, 0.15) is 6.04 Å².